The summed E-state index contributed by atoms with van der Waals surface area (Å²) in [7, 11) is 1.67. The van der Waals surface area contributed by atoms with E-state index in [1.807, 2.05) is 36.5 Å². The third kappa shape index (κ3) is 2.89. The van der Waals surface area contributed by atoms with Crippen LogP contribution in [0, 0.1) is 0 Å². The van der Waals surface area contributed by atoms with Crippen LogP contribution in [0.3, 0.4) is 0 Å². The Labute approximate surface area is 156 Å². The van der Waals surface area contributed by atoms with Crippen molar-refractivity contribution in [2.75, 3.05) is 13.7 Å². The van der Waals surface area contributed by atoms with E-state index in [0.717, 1.165) is 51.6 Å². The van der Waals surface area contributed by atoms with Crippen molar-refractivity contribution in [1.29, 1.82) is 0 Å². The molecule has 1 aliphatic rings. The fourth-order valence-corrected chi connectivity index (χ4v) is 3.49. The van der Waals surface area contributed by atoms with Crippen LogP contribution in [-0.4, -0.2) is 33.7 Å². The summed E-state index contributed by atoms with van der Waals surface area (Å²) in [4.78, 5) is 16.7. The molecule has 27 heavy (non-hydrogen) atoms. The number of methoxy groups -OCH3 is 1. The van der Waals surface area contributed by atoms with Crippen LogP contribution in [0.25, 0.3) is 22.3 Å². The average molecular weight is 358 g/mol. The molecule has 0 radical (unpaired) electrons. The van der Waals surface area contributed by atoms with E-state index in [2.05, 4.69) is 21.0 Å². The molecule has 6 nitrogen and oxygen atoms in total. The van der Waals surface area contributed by atoms with Crippen LogP contribution in [0.2, 0.25) is 0 Å². The van der Waals surface area contributed by atoms with Gasteiger partial charge in [-0.15, -0.1) is 0 Å². The molecule has 0 fully saturated rings. The van der Waals surface area contributed by atoms with Gasteiger partial charge in [-0.1, -0.05) is 0 Å². The van der Waals surface area contributed by atoms with E-state index in [9.17, 15) is 0 Å². The van der Waals surface area contributed by atoms with Gasteiger partial charge in [-0.25, -0.2) is 9.97 Å². The zero-order chi connectivity index (χ0) is 18.2. The van der Waals surface area contributed by atoms with Gasteiger partial charge in [0.1, 0.15) is 17.3 Å². The predicted molar refractivity (Wildman–Crippen MR) is 102 cm³/mol. The molecule has 0 spiro atoms. The lowest BCUT2D eigenvalue weighted by molar-refractivity contribution is 0.257. The summed E-state index contributed by atoms with van der Waals surface area (Å²) in [6.07, 6.45) is 6.26. The molecule has 134 valence electrons. The van der Waals surface area contributed by atoms with Gasteiger partial charge in [-0.3, -0.25) is 4.98 Å². The molecule has 4 heterocycles. The lowest BCUT2D eigenvalue weighted by Gasteiger charge is -2.24. The van der Waals surface area contributed by atoms with Crippen LogP contribution >= 0.6 is 0 Å². The highest BCUT2D eigenvalue weighted by molar-refractivity contribution is 5.78. The number of hydrogen-bond donors (Lipinski definition) is 1. The number of pyridine rings is 2. The highest BCUT2D eigenvalue weighted by atomic mass is 16.5. The Morgan fingerprint density at radius 1 is 1.11 bits per heavy atom. The average Bonchev–Trinajstić information content (AvgIpc) is 3.17. The number of imidazole rings is 1. The molecule has 0 unspecified atom stereocenters. The minimum Gasteiger partial charge on any atom is -0.497 e. The van der Waals surface area contributed by atoms with Gasteiger partial charge in [-0.05, 0) is 53.9 Å². The predicted octanol–water partition coefficient (Wildman–Crippen LogP) is 3.75. The quantitative estimate of drug-likeness (QED) is 0.604. The molecule has 5 rings (SSSR count). The van der Waals surface area contributed by atoms with Crippen molar-refractivity contribution in [3.8, 4) is 22.6 Å². The van der Waals surface area contributed by atoms with Gasteiger partial charge >= 0.3 is 0 Å². The minimum atomic E-state index is 0.156. The third-order valence-electron chi connectivity index (χ3n) is 4.93. The molecular formula is C21H18N4O2. The van der Waals surface area contributed by atoms with E-state index in [4.69, 9.17) is 14.5 Å². The monoisotopic (exact) mass is 358 g/mol. The second-order valence-corrected chi connectivity index (χ2v) is 6.64. The molecule has 1 aliphatic heterocycles. The molecular weight excluding hydrogens is 340 g/mol. The molecule has 1 N–H and O–H groups in total. The number of aromatic amines is 1. The summed E-state index contributed by atoms with van der Waals surface area (Å²) in [5, 5.41) is 0. The van der Waals surface area contributed by atoms with Gasteiger partial charge in [0.2, 0.25) is 0 Å². The van der Waals surface area contributed by atoms with Gasteiger partial charge in [0.25, 0.3) is 0 Å². The number of nitrogens with one attached hydrogen (secondary N) is 1. The summed E-state index contributed by atoms with van der Waals surface area (Å²) in [6.45, 7) is 0.594. The third-order valence-corrected chi connectivity index (χ3v) is 4.93. The Kier molecular flexibility index (Phi) is 3.74. The molecule has 3 aromatic heterocycles. The number of fused-ring (bicyclic) bond motifs is 2. The van der Waals surface area contributed by atoms with Crippen LogP contribution < -0.4 is 9.47 Å². The molecule has 1 aromatic carbocycles. The SMILES string of the molecule is COc1ccc2c(c1)C[C@H](c1nc3ncc(-c4ccncc4)cc3[nH]1)CO2. The number of rotatable bonds is 3. The number of hydrogen-bond acceptors (Lipinski definition) is 5. The fraction of sp³-hybridized carbons (Fsp3) is 0.190. The van der Waals surface area contributed by atoms with Crippen molar-refractivity contribution in [2.45, 2.75) is 12.3 Å². The maximum atomic E-state index is 5.94. The molecule has 0 bridgehead atoms. The highest BCUT2D eigenvalue weighted by Crippen LogP contribution is 2.34. The van der Waals surface area contributed by atoms with Crippen molar-refractivity contribution in [2.24, 2.45) is 0 Å². The van der Waals surface area contributed by atoms with Crippen molar-refractivity contribution in [3.05, 3.63) is 66.4 Å². The Hall–Kier alpha value is -3.41. The van der Waals surface area contributed by atoms with Crippen molar-refractivity contribution < 1.29 is 9.47 Å². The second kappa shape index (κ2) is 6.39. The molecule has 1 atom stereocenters. The van der Waals surface area contributed by atoms with Crippen LogP contribution in [0.4, 0.5) is 0 Å². The van der Waals surface area contributed by atoms with E-state index < -0.39 is 0 Å². The molecule has 0 aliphatic carbocycles. The van der Waals surface area contributed by atoms with E-state index >= 15 is 0 Å². The molecule has 4 aromatic rings. The van der Waals surface area contributed by atoms with Crippen LogP contribution in [0.5, 0.6) is 11.5 Å². The number of aromatic nitrogens is 4. The lowest BCUT2D eigenvalue weighted by atomic mass is 9.96. The first-order valence-electron chi connectivity index (χ1n) is 8.86. The topological polar surface area (TPSA) is 72.9 Å². The van der Waals surface area contributed by atoms with E-state index in [0.29, 0.717) is 6.61 Å². The van der Waals surface area contributed by atoms with E-state index in [1.54, 1.807) is 19.5 Å². The zero-order valence-corrected chi connectivity index (χ0v) is 14.8. The first-order valence-corrected chi connectivity index (χ1v) is 8.86. The first-order chi connectivity index (χ1) is 13.3. The van der Waals surface area contributed by atoms with Crippen LogP contribution in [0.1, 0.15) is 17.3 Å². The van der Waals surface area contributed by atoms with Crippen molar-refractivity contribution in [1.82, 2.24) is 19.9 Å². The highest BCUT2D eigenvalue weighted by Gasteiger charge is 2.24. The molecule has 6 heteroatoms. The zero-order valence-electron chi connectivity index (χ0n) is 14.8. The number of nitrogens with zero attached hydrogens (tertiary/aromatic N) is 3. The lowest BCUT2D eigenvalue weighted by Crippen LogP contribution is -2.20. The Balaban J connectivity index is 1.47. The summed E-state index contributed by atoms with van der Waals surface area (Å²) < 4.78 is 11.3. The largest absolute Gasteiger partial charge is 0.497 e. The van der Waals surface area contributed by atoms with Crippen molar-refractivity contribution >= 4 is 11.2 Å². The molecule has 0 saturated carbocycles. The van der Waals surface area contributed by atoms with Gasteiger partial charge in [-0.2, -0.15) is 0 Å². The smallest absolute Gasteiger partial charge is 0.177 e. The summed E-state index contributed by atoms with van der Waals surface area (Å²) in [5.41, 5.74) is 4.90. The van der Waals surface area contributed by atoms with Gasteiger partial charge in [0, 0.05) is 24.2 Å². The normalized spacial score (nSPS) is 16.0. The number of H-pyrrole nitrogens is 1. The van der Waals surface area contributed by atoms with Gasteiger partial charge in [0.05, 0.1) is 25.2 Å². The van der Waals surface area contributed by atoms with E-state index in [-0.39, 0.29) is 5.92 Å². The fourth-order valence-electron chi connectivity index (χ4n) is 3.49. The van der Waals surface area contributed by atoms with Gasteiger partial charge < -0.3 is 14.5 Å². The molecule has 0 saturated heterocycles. The summed E-state index contributed by atoms with van der Waals surface area (Å²) in [5.74, 6) is 2.81. The Morgan fingerprint density at radius 2 is 2.00 bits per heavy atom. The van der Waals surface area contributed by atoms with Gasteiger partial charge in [0.15, 0.2) is 5.65 Å². The Morgan fingerprint density at radius 3 is 2.85 bits per heavy atom. The van der Waals surface area contributed by atoms with E-state index in [1.165, 1.54) is 0 Å². The summed E-state index contributed by atoms with van der Waals surface area (Å²) >= 11 is 0. The van der Waals surface area contributed by atoms with Crippen molar-refractivity contribution in [3.63, 3.8) is 0 Å². The minimum absolute atomic E-state index is 0.156. The Bertz CT molecular complexity index is 1110. The number of benzene rings is 1. The van der Waals surface area contributed by atoms with Crippen LogP contribution in [0.15, 0.2) is 55.0 Å². The molecule has 0 amide bonds. The second-order valence-electron chi connectivity index (χ2n) is 6.64. The van der Waals surface area contributed by atoms with Crippen LogP contribution in [-0.2, 0) is 6.42 Å². The summed E-state index contributed by atoms with van der Waals surface area (Å²) in [6, 6.07) is 11.9. The number of ether oxygens (including phenoxy) is 2. The maximum absolute atomic E-state index is 5.94. The first kappa shape index (κ1) is 15.8. The standard InChI is InChI=1S/C21H18N4O2/c1-26-17-2-3-19-14(9-17)8-16(12-27-19)20-24-18-10-15(11-23-21(18)25-20)13-4-6-22-7-5-13/h2-7,9-11,16H,8,12H2,1H3,(H,23,24,25)/t16-/m0/s1. The maximum Gasteiger partial charge on any atom is 0.177 e.